The Morgan fingerprint density at radius 3 is 2.38 bits per heavy atom. The minimum absolute atomic E-state index is 0.0147. The summed E-state index contributed by atoms with van der Waals surface area (Å²) in [5.74, 6) is 1.74. The van der Waals surface area contributed by atoms with Gasteiger partial charge in [0.15, 0.2) is 0 Å². The Morgan fingerprint density at radius 2 is 1.72 bits per heavy atom. The van der Waals surface area contributed by atoms with E-state index in [1.54, 1.807) is 6.07 Å². The number of fused-ring (bicyclic) bond motifs is 4. The number of anilines is 1. The van der Waals surface area contributed by atoms with Crippen LogP contribution in [0, 0.1) is 31.6 Å². The van der Waals surface area contributed by atoms with Crippen molar-refractivity contribution in [3.05, 3.63) is 65.2 Å². The molecule has 7 nitrogen and oxygen atoms in total. The van der Waals surface area contributed by atoms with E-state index in [4.69, 9.17) is 4.74 Å². The van der Waals surface area contributed by atoms with Gasteiger partial charge >= 0.3 is 0 Å². The summed E-state index contributed by atoms with van der Waals surface area (Å²) in [7, 11) is 0.362. The lowest BCUT2D eigenvalue weighted by atomic mass is 9.64. The average Bonchev–Trinajstić information content (AvgIpc) is 2.82. The summed E-state index contributed by atoms with van der Waals surface area (Å²) in [6.07, 6.45) is 3.16. The second-order valence-corrected chi connectivity index (χ2v) is 13.6. The van der Waals surface area contributed by atoms with Crippen LogP contribution in [0.2, 0.25) is 0 Å². The van der Waals surface area contributed by atoms with Crippen molar-refractivity contribution in [2.75, 3.05) is 25.4 Å². The minimum Gasteiger partial charge on any atom is -0.477 e. The zero-order valence-corrected chi connectivity index (χ0v) is 24.6. The molecule has 0 radical (unpaired) electrons. The zero-order valence-electron chi connectivity index (χ0n) is 23.8. The average molecular weight is 549 g/mol. The van der Waals surface area contributed by atoms with E-state index in [1.807, 2.05) is 50.2 Å². The second kappa shape index (κ2) is 10.9. The number of nitrogens with zero attached hydrogens (tertiary/aromatic N) is 3. The van der Waals surface area contributed by atoms with Crippen molar-refractivity contribution < 1.29 is 13.2 Å². The number of hydrogen-bond donors (Lipinski definition) is 1. The molecule has 3 aromatic rings. The highest BCUT2D eigenvalue weighted by Crippen LogP contribution is 2.47. The molecule has 2 heterocycles. The Labute approximate surface area is 233 Å². The molecule has 1 saturated carbocycles. The molecule has 1 unspecified atom stereocenters. The van der Waals surface area contributed by atoms with Crippen LogP contribution in [0.25, 0.3) is 11.3 Å². The van der Waals surface area contributed by atoms with E-state index in [2.05, 4.69) is 53.6 Å². The van der Waals surface area contributed by atoms with Gasteiger partial charge in [-0.3, -0.25) is 0 Å². The van der Waals surface area contributed by atoms with Crippen LogP contribution >= 0.6 is 0 Å². The Bertz CT molecular complexity index is 1430. The van der Waals surface area contributed by atoms with Crippen LogP contribution in [0.5, 0.6) is 5.88 Å². The van der Waals surface area contributed by atoms with Crippen LogP contribution in [0.1, 0.15) is 55.7 Å². The fourth-order valence-corrected chi connectivity index (χ4v) is 7.35. The van der Waals surface area contributed by atoms with Gasteiger partial charge in [-0.05, 0) is 93.8 Å². The van der Waals surface area contributed by atoms with Crippen molar-refractivity contribution in [2.24, 2.45) is 17.8 Å². The van der Waals surface area contributed by atoms with Crippen molar-refractivity contribution in [3.63, 3.8) is 0 Å². The number of sulfonamides is 1. The molecule has 0 spiro atoms. The largest absolute Gasteiger partial charge is 0.477 e. The van der Waals surface area contributed by atoms with Gasteiger partial charge in [-0.15, -0.1) is 0 Å². The van der Waals surface area contributed by atoms with Crippen LogP contribution in [0.3, 0.4) is 0 Å². The van der Waals surface area contributed by atoms with E-state index in [-0.39, 0.29) is 22.7 Å². The molecule has 2 aliphatic rings. The molecule has 4 bridgehead atoms. The Hall–Kier alpha value is -2.97. The maximum atomic E-state index is 13.6. The third-order valence-electron chi connectivity index (χ3n) is 8.33. The van der Waals surface area contributed by atoms with Crippen LogP contribution in [-0.2, 0) is 10.0 Å². The van der Waals surface area contributed by atoms with E-state index in [0.29, 0.717) is 36.1 Å². The molecule has 2 atom stereocenters. The summed E-state index contributed by atoms with van der Waals surface area (Å²) in [5, 5.41) is 0. The molecular formula is C31H40N4O3S. The molecule has 39 heavy (non-hydrogen) atoms. The molecule has 0 amide bonds. The molecule has 1 aliphatic heterocycles. The fraction of sp³-hybridized carbons (Fsp3) is 0.484. The summed E-state index contributed by atoms with van der Waals surface area (Å²) < 4.78 is 36.3. The maximum absolute atomic E-state index is 13.6. The first kappa shape index (κ1) is 27.6. The quantitative estimate of drug-likeness (QED) is 0.419. The van der Waals surface area contributed by atoms with Crippen LogP contribution in [0.4, 0.5) is 5.95 Å². The second-order valence-electron chi connectivity index (χ2n) is 11.9. The van der Waals surface area contributed by atoms with Gasteiger partial charge in [-0.25, -0.2) is 18.1 Å². The molecule has 8 heteroatoms. The van der Waals surface area contributed by atoms with Gasteiger partial charge < -0.3 is 9.64 Å². The maximum Gasteiger partial charge on any atom is 0.264 e. The first-order valence-corrected chi connectivity index (χ1v) is 15.4. The third-order valence-corrected chi connectivity index (χ3v) is 9.66. The molecule has 5 rings (SSSR count). The van der Waals surface area contributed by atoms with Crippen LogP contribution < -0.4 is 9.46 Å². The molecular weight excluding hydrogens is 508 g/mol. The number of nitrogens with one attached hydrogen (secondary N) is 1. The van der Waals surface area contributed by atoms with Crippen molar-refractivity contribution in [1.82, 2.24) is 14.9 Å². The van der Waals surface area contributed by atoms with Gasteiger partial charge in [0.2, 0.25) is 11.8 Å². The van der Waals surface area contributed by atoms with Gasteiger partial charge in [0.25, 0.3) is 10.0 Å². The normalized spacial score (nSPS) is 24.2. The van der Waals surface area contributed by atoms with Gasteiger partial charge in [-0.2, -0.15) is 4.98 Å². The summed E-state index contributed by atoms with van der Waals surface area (Å²) in [5.41, 5.74) is 4.78. The minimum atomic E-state index is -3.91. The first-order valence-electron chi connectivity index (χ1n) is 13.9. The zero-order chi connectivity index (χ0) is 27.9. The first-order chi connectivity index (χ1) is 18.5. The van der Waals surface area contributed by atoms with E-state index < -0.39 is 10.0 Å². The number of aryl methyl sites for hydroxylation is 2. The number of hydrogen-bond acceptors (Lipinski definition) is 6. The van der Waals surface area contributed by atoms with Gasteiger partial charge in [-0.1, -0.05) is 44.2 Å². The van der Waals surface area contributed by atoms with Gasteiger partial charge in [0, 0.05) is 23.6 Å². The number of ether oxygens (including phenoxy) is 1. The molecule has 1 aromatic heterocycles. The summed E-state index contributed by atoms with van der Waals surface area (Å²) in [6.45, 7) is 9.04. The molecule has 1 fully saturated rings. The van der Waals surface area contributed by atoms with Crippen LogP contribution in [-0.4, -0.2) is 50.0 Å². The van der Waals surface area contributed by atoms with Crippen molar-refractivity contribution >= 4 is 16.0 Å². The highest BCUT2D eigenvalue weighted by Gasteiger charge is 2.41. The lowest BCUT2D eigenvalue weighted by molar-refractivity contribution is 0.0669. The lowest BCUT2D eigenvalue weighted by Gasteiger charge is -2.46. The summed E-state index contributed by atoms with van der Waals surface area (Å²) >= 11 is 0. The van der Waals surface area contributed by atoms with Gasteiger partial charge in [0.05, 0.1) is 17.2 Å². The van der Waals surface area contributed by atoms with Crippen LogP contribution in [0.15, 0.2) is 53.4 Å². The Morgan fingerprint density at radius 1 is 1.03 bits per heavy atom. The smallest absolute Gasteiger partial charge is 0.264 e. The van der Waals surface area contributed by atoms with E-state index in [9.17, 15) is 8.42 Å². The molecule has 1 N–H and O–H groups in total. The van der Waals surface area contributed by atoms with Crippen molar-refractivity contribution in [1.29, 1.82) is 0 Å². The predicted molar refractivity (Wildman–Crippen MR) is 156 cm³/mol. The van der Waals surface area contributed by atoms with Crippen molar-refractivity contribution in [2.45, 2.75) is 63.8 Å². The summed E-state index contributed by atoms with van der Waals surface area (Å²) in [4.78, 5) is 11.7. The Kier molecular flexibility index (Phi) is 7.71. The monoisotopic (exact) mass is 548 g/mol. The fourth-order valence-electron chi connectivity index (χ4n) is 6.35. The predicted octanol–water partition coefficient (Wildman–Crippen LogP) is 6.04. The SMILES string of the molecule is Cc1cccc(C)c1-c1cc2nc(n1)NS(=O)(=O)c1cccc(c1)C([C@H]1C[C@@H](N(C)C)C1)[C@H](CC(C)C)CO2. The lowest BCUT2D eigenvalue weighted by Crippen LogP contribution is -2.44. The molecule has 208 valence electrons. The summed E-state index contributed by atoms with van der Waals surface area (Å²) in [6, 6.07) is 15.9. The number of rotatable bonds is 5. The number of aromatic nitrogens is 2. The molecule has 2 aromatic carbocycles. The third kappa shape index (κ3) is 5.82. The standard InChI is InChI=1S/C31H40N4O3S/c1-19(2)13-24-18-38-28-17-27(29-20(3)9-7-10-21(29)4)32-31(33-28)34-39(36,37)26-12-8-11-22(16-26)30(24)23-14-25(15-23)35(5)6/h7-12,16-17,19,23-25,30H,13-15,18H2,1-6H3,(H,32,33,34)/t23-,24-,25+,30?/m1/s1. The van der Waals surface area contributed by atoms with E-state index in [1.165, 1.54) is 0 Å². The van der Waals surface area contributed by atoms with E-state index >= 15 is 0 Å². The highest BCUT2D eigenvalue weighted by atomic mass is 32.2. The molecule has 0 saturated heterocycles. The Balaban J connectivity index is 1.62. The topological polar surface area (TPSA) is 84.4 Å². The van der Waals surface area contributed by atoms with Crippen molar-refractivity contribution in [3.8, 4) is 17.1 Å². The van der Waals surface area contributed by atoms with Gasteiger partial charge in [0.1, 0.15) is 0 Å². The highest BCUT2D eigenvalue weighted by molar-refractivity contribution is 7.92. The molecule has 1 aliphatic carbocycles. The van der Waals surface area contributed by atoms with E-state index in [0.717, 1.165) is 41.5 Å². The number of benzene rings is 2.